The van der Waals surface area contributed by atoms with Gasteiger partial charge in [-0.05, 0) is 37.0 Å². The number of benzene rings is 1. The Balaban J connectivity index is 2.49. The molecule has 3 N–H and O–H groups in total. The second-order valence-electron chi connectivity index (χ2n) is 4.34. The van der Waals surface area contributed by atoms with Crippen LogP contribution in [0.5, 0.6) is 0 Å². The van der Waals surface area contributed by atoms with Gasteiger partial charge in [-0.1, -0.05) is 30.8 Å². The van der Waals surface area contributed by atoms with Gasteiger partial charge in [-0.3, -0.25) is 0 Å². The fourth-order valence-electron chi connectivity index (χ4n) is 1.64. The van der Waals surface area contributed by atoms with Crippen LogP contribution in [-0.4, -0.2) is 32.0 Å². The predicted octanol–water partition coefficient (Wildman–Crippen LogP) is 2.13. The van der Waals surface area contributed by atoms with E-state index in [1.165, 1.54) is 12.1 Å². The molecule has 1 aromatic carbocycles. The van der Waals surface area contributed by atoms with E-state index in [0.717, 1.165) is 25.0 Å². The quantitative estimate of drug-likeness (QED) is 0.535. The number of nitrogens with two attached hydrogens (primary N) is 1. The summed E-state index contributed by atoms with van der Waals surface area (Å²) in [5, 5.41) is 0. The van der Waals surface area contributed by atoms with Crippen molar-refractivity contribution in [2.75, 3.05) is 18.6 Å². The zero-order valence-corrected chi connectivity index (χ0v) is 13.9. The molecule has 0 heterocycles. The summed E-state index contributed by atoms with van der Waals surface area (Å²) < 4.78 is 26.6. The second kappa shape index (κ2) is 8.61. The highest BCUT2D eigenvalue weighted by Gasteiger charge is 2.13. The summed E-state index contributed by atoms with van der Waals surface area (Å²) in [6.07, 6.45) is 5.07. The third-order valence-corrected chi connectivity index (χ3v) is 5.18. The number of thioether (sulfide) groups is 1. The molecule has 7 heteroatoms. The first-order chi connectivity index (χ1) is 9.47. The van der Waals surface area contributed by atoms with E-state index in [1.54, 1.807) is 23.9 Å². The maximum absolute atomic E-state index is 12.0. The molecule has 0 spiro atoms. The first-order valence-corrected chi connectivity index (χ1v) is 9.64. The molecule has 0 aromatic heterocycles. The molecular weight excluding hydrogens is 312 g/mol. The average molecular weight is 333 g/mol. The van der Waals surface area contributed by atoms with Crippen molar-refractivity contribution in [3.63, 3.8) is 0 Å². The van der Waals surface area contributed by atoms with Gasteiger partial charge in [0.2, 0.25) is 10.0 Å². The first-order valence-electron chi connectivity index (χ1n) is 6.36. The Morgan fingerprint density at radius 2 is 1.90 bits per heavy atom. The van der Waals surface area contributed by atoms with E-state index < -0.39 is 10.0 Å². The lowest BCUT2D eigenvalue weighted by molar-refractivity contribution is 0.576. The minimum atomic E-state index is -3.43. The molecule has 0 aliphatic carbocycles. The molecule has 112 valence electrons. The van der Waals surface area contributed by atoms with Crippen molar-refractivity contribution >= 4 is 39.0 Å². The minimum absolute atomic E-state index is 0.238. The fourth-order valence-corrected chi connectivity index (χ4v) is 3.34. The Kier molecular flexibility index (Phi) is 7.50. The topological polar surface area (TPSA) is 72.2 Å². The van der Waals surface area contributed by atoms with Crippen molar-refractivity contribution in [2.45, 2.75) is 24.2 Å². The molecule has 0 saturated heterocycles. The number of rotatable bonds is 9. The number of hydrogen-bond acceptors (Lipinski definition) is 4. The Morgan fingerprint density at radius 1 is 1.25 bits per heavy atom. The lowest BCUT2D eigenvalue weighted by Gasteiger charge is -2.07. The highest BCUT2D eigenvalue weighted by Crippen LogP contribution is 2.11. The SMILES string of the molecule is CSCCCCCNS(=O)(=O)c1ccc(C(N)=S)cc1. The van der Waals surface area contributed by atoms with Gasteiger partial charge in [-0.15, -0.1) is 0 Å². The molecule has 0 aliphatic rings. The molecule has 0 atom stereocenters. The smallest absolute Gasteiger partial charge is 0.240 e. The Labute approximate surface area is 130 Å². The maximum atomic E-state index is 12.0. The van der Waals surface area contributed by atoms with Crippen molar-refractivity contribution in [3.05, 3.63) is 29.8 Å². The molecule has 1 rings (SSSR count). The number of sulfonamides is 1. The van der Waals surface area contributed by atoms with Crippen LogP contribution in [0.25, 0.3) is 0 Å². The molecule has 4 nitrogen and oxygen atoms in total. The van der Waals surface area contributed by atoms with Gasteiger partial charge in [0.25, 0.3) is 0 Å². The monoisotopic (exact) mass is 332 g/mol. The van der Waals surface area contributed by atoms with E-state index in [-0.39, 0.29) is 9.88 Å². The molecule has 0 aliphatic heterocycles. The van der Waals surface area contributed by atoms with Gasteiger partial charge >= 0.3 is 0 Å². The van der Waals surface area contributed by atoms with Gasteiger partial charge in [0.1, 0.15) is 4.99 Å². The van der Waals surface area contributed by atoms with Crippen LogP contribution in [0.15, 0.2) is 29.2 Å². The van der Waals surface area contributed by atoms with Gasteiger partial charge in [0.15, 0.2) is 0 Å². The Hall–Kier alpha value is -0.630. The summed E-state index contributed by atoms with van der Waals surface area (Å²) in [4.78, 5) is 0.498. The van der Waals surface area contributed by atoms with Gasteiger partial charge < -0.3 is 5.73 Å². The summed E-state index contributed by atoms with van der Waals surface area (Å²) in [7, 11) is -3.43. The molecule has 1 aromatic rings. The molecular formula is C13H20N2O2S3. The molecule has 0 bridgehead atoms. The van der Waals surface area contributed by atoms with Gasteiger partial charge in [-0.25, -0.2) is 13.1 Å². The highest BCUT2D eigenvalue weighted by molar-refractivity contribution is 7.98. The average Bonchev–Trinajstić information content (AvgIpc) is 2.43. The van der Waals surface area contributed by atoms with Crippen LogP contribution in [0.4, 0.5) is 0 Å². The van der Waals surface area contributed by atoms with Crippen LogP contribution < -0.4 is 10.5 Å². The van der Waals surface area contributed by atoms with E-state index in [4.69, 9.17) is 18.0 Å². The van der Waals surface area contributed by atoms with Gasteiger partial charge in [-0.2, -0.15) is 11.8 Å². The molecule has 0 radical (unpaired) electrons. The maximum Gasteiger partial charge on any atom is 0.240 e. The van der Waals surface area contributed by atoms with Crippen molar-refractivity contribution in [1.82, 2.24) is 4.72 Å². The van der Waals surface area contributed by atoms with Crippen LogP contribution in [0.1, 0.15) is 24.8 Å². The van der Waals surface area contributed by atoms with Gasteiger partial charge in [0.05, 0.1) is 4.90 Å². The van der Waals surface area contributed by atoms with Crippen molar-refractivity contribution in [2.24, 2.45) is 5.73 Å². The standard InChI is InChI=1S/C13H20N2O2S3/c1-19-10-4-2-3-9-15-20(16,17)12-7-5-11(6-8-12)13(14)18/h5-8,15H,2-4,9-10H2,1H3,(H2,14,18). The van der Waals surface area contributed by atoms with Crippen LogP contribution in [0, 0.1) is 0 Å². The normalized spacial score (nSPS) is 11.4. The van der Waals surface area contributed by atoms with Crippen LogP contribution in [0.2, 0.25) is 0 Å². The Morgan fingerprint density at radius 3 is 2.45 bits per heavy atom. The zero-order valence-electron chi connectivity index (χ0n) is 11.5. The highest BCUT2D eigenvalue weighted by atomic mass is 32.2. The number of nitrogens with one attached hydrogen (secondary N) is 1. The summed E-state index contributed by atoms with van der Waals surface area (Å²) in [6, 6.07) is 6.28. The summed E-state index contributed by atoms with van der Waals surface area (Å²) in [5.74, 6) is 1.12. The second-order valence-corrected chi connectivity index (χ2v) is 7.53. The summed E-state index contributed by atoms with van der Waals surface area (Å²) >= 11 is 6.64. The van der Waals surface area contributed by atoms with Crippen molar-refractivity contribution in [1.29, 1.82) is 0 Å². The van der Waals surface area contributed by atoms with E-state index >= 15 is 0 Å². The van der Waals surface area contributed by atoms with Crippen molar-refractivity contribution in [3.8, 4) is 0 Å². The van der Waals surface area contributed by atoms with Crippen LogP contribution >= 0.6 is 24.0 Å². The van der Waals surface area contributed by atoms with Crippen LogP contribution in [-0.2, 0) is 10.0 Å². The molecule has 0 amide bonds. The molecule has 0 unspecified atom stereocenters. The van der Waals surface area contributed by atoms with E-state index in [9.17, 15) is 8.42 Å². The number of thiocarbonyl (C=S) groups is 1. The van der Waals surface area contributed by atoms with Gasteiger partial charge in [0, 0.05) is 12.1 Å². The molecule has 20 heavy (non-hydrogen) atoms. The lowest BCUT2D eigenvalue weighted by atomic mass is 10.2. The lowest BCUT2D eigenvalue weighted by Crippen LogP contribution is -2.25. The third-order valence-electron chi connectivity index (χ3n) is 2.77. The third kappa shape index (κ3) is 5.78. The van der Waals surface area contributed by atoms with E-state index in [1.807, 2.05) is 0 Å². The number of hydrogen-bond donors (Lipinski definition) is 2. The van der Waals surface area contributed by atoms with E-state index in [2.05, 4.69) is 11.0 Å². The summed E-state index contributed by atoms with van der Waals surface area (Å²) in [5.41, 5.74) is 6.14. The van der Waals surface area contributed by atoms with Crippen LogP contribution in [0.3, 0.4) is 0 Å². The Bertz CT molecular complexity index is 527. The predicted molar refractivity (Wildman–Crippen MR) is 89.8 cm³/mol. The number of unbranched alkanes of at least 4 members (excludes halogenated alkanes) is 2. The zero-order chi connectivity index (χ0) is 15.0. The first kappa shape index (κ1) is 17.4. The minimum Gasteiger partial charge on any atom is -0.389 e. The molecule has 0 saturated carbocycles. The fraction of sp³-hybridized carbons (Fsp3) is 0.462. The molecule has 0 fully saturated rings. The summed E-state index contributed by atoms with van der Waals surface area (Å²) in [6.45, 7) is 0.466. The van der Waals surface area contributed by atoms with E-state index in [0.29, 0.717) is 12.1 Å². The van der Waals surface area contributed by atoms with Crippen molar-refractivity contribution < 1.29 is 8.42 Å². The largest absolute Gasteiger partial charge is 0.389 e.